The molecule has 1 aromatic carbocycles. The largest absolute Gasteiger partial charge is 0.451 e. The Labute approximate surface area is 199 Å². The summed E-state index contributed by atoms with van der Waals surface area (Å²) in [5.41, 5.74) is 4.54. The quantitative estimate of drug-likeness (QED) is 0.563. The fraction of sp³-hybridized carbons (Fsp3) is 0.320. The molecule has 1 aliphatic heterocycles. The van der Waals surface area contributed by atoms with E-state index in [0.717, 1.165) is 54.1 Å². The summed E-state index contributed by atoms with van der Waals surface area (Å²) in [6.45, 7) is 1.92. The van der Waals surface area contributed by atoms with Crippen molar-refractivity contribution in [1.82, 2.24) is 20.3 Å². The zero-order valence-corrected chi connectivity index (χ0v) is 18.9. The number of hydrogen-bond donors (Lipinski definition) is 1. The topological polar surface area (TPSA) is 89.4 Å². The number of pyridine rings is 1. The van der Waals surface area contributed by atoms with Crippen molar-refractivity contribution in [3.05, 3.63) is 77.0 Å². The molecule has 1 amide bonds. The number of rotatable bonds is 5. The lowest BCUT2D eigenvalue weighted by molar-refractivity contribution is -0.145. The molecule has 0 radical (unpaired) electrons. The van der Waals surface area contributed by atoms with E-state index in [1.54, 1.807) is 18.3 Å². The Balaban J connectivity index is 1.39. The van der Waals surface area contributed by atoms with Crippen molar-refractivity contribution in [2.75, 3.05) is 0 Å². The molecule has 2 aromatic heterocycles. The molecule has 1 fully saturated rings. The van der Waals surface area contributed by atoms with Crippen molar-refractivity contribution < 1.29 is 22.8 Å². The zero-order valence-electron chi connectivity index (χ0n) is 18.9. The second-order valence-electron chi connectivity index (χ2n) is 8.96. The number of aromatic nitrogens is 3. The van der Waals surface area contributed by atoms with E-state index in [1.165, 1.54) is 0 Å². The van der Waals surface area contributed by atoms with Crippen molar-refractivity contribution in [3.63, 3.8) is 0 Å². The number of benzene rings is 1. The molecule has 1 saturated carbocycles. The molecule has 180 valence electrons. The van der Waals surface area contributed by atoms with Gasteiger partial charge in [-0.3, -0.25) is 9.78 Å². The summed E-state index contributed by atoms with van der Waals surface area (Å²) >= 11 is 0. The number of nitrogens with zero attached hydrogens (tertiary/aromatic N) is 4. The van der Waals surface area contributed by atoms with Crippen LogP contribution in [0.15, 0.2) is 54.1 Å². The van der Waals surface area contributed by atoms with Crippen LogP contribution in [-0.4, -0.2) is 32.2 Å². The first-order valence-electron chi connectivity index (χ1n) is 11.2. The maximum atomic E-state index is 13.0. The Hall–Kier alpha value is -3.82. The minimum absolute atomic E-state index is 0.0213. The molecule has 2 aliphatic rings. The van der Waals surface area contributed by atoms with Crippen LogP contribution in [0.4, 0.5) is 13.2 Å². The van der Waals surface area contributed by atoms with Crippen molar-refractivity contribution in [2.45, 2.75) is 50.9 Å². The van der Waals surface area contributed by atoms with Crippen LogP contribution in [0.2, 0.25) is 0 Å². The van der Waals surface area contributed by atoms with Crippen molar-refractivity contribution in [3.8, 4) is 11.3 Å². The molecule has 0 saturated heterocycles. The van der Waals surface area contributed by atoms with Crippen molar-refractivity contribution in [2.24, 2.45) is 5.16 Å². The lowest BCUT2D eigenvalue weighted by atomic mass is 9.76. The van der Waals surface area contributed by atoms with Gasteiger partial charge in [-0.25, -0.2) is 9.97 Å². The van der Waals surface area contributed by atoms with Crippen LogP contribution in [0.1, 0.15) is 58.6 Å². The van der Waals surface area contributed by atoms with Gasteiger partial charge in [0.05, 0.1) is 11.4 Å². The van der Waals surface area contributed by atoms with Crippen LogP contribution in [0.25, 0.3) is 11.3 Å². The summed E-state index contributed by atoms with van der Waals surface area (Å²) in [7, 11) is 0. The van der Waals surface area contributed by atoms with E-state index >= 15 is 0 Å². The monoisotopic (exact) mass is 481 g/mol. The summed E-state index contributed by atoms with van der Waals surface area (Å²) in [5.74, 6) is -1.61. The molecule has 3 aromatic rings. The number of amides is 1. The standard InChI is InChI=1S/C25H22F3N5O2/c1-15-3-4-20(29-11-15)17-7-18(21-10-24(35-33-21)5-2-6-24)9-19(8-17)22(34)30-12-16-13-31-23(32-14-16)25(26,27)28/h3-4,7-9,11,13-14H,2,5-6,10,12H2,1H3,(H,30,34). The number of oxime groups is 1. The molecule has 0 atom stereocenters. The molecule has 1 spiro atoms. The highest BCUT2D eigenvalue weighted by molar-refractivity contribution is 6.05. The summed E-state index contributed by atoms with van der Waals surface area (Å²) < 4.78 is 38.0. The lowest BCUT2D eigenvalue weighted by Crippen LogP contribution is -2.36. The van der Waals surface area contributed by atoms with Gasteiger partial charge in [-0.05, 0) is 56.0 Å². The van der Waals surface area contributed by atoms with Gasteiger partial charge in [0.1, 0.15) is 5.60 Å². The predicted octanol–water partition coefficient (Wildman–Crippen LogP) is 4.84. The third-order valence-electron chi connectivity index (χ3n) is 6.25. The van der Waals surface area contributed by atoms with Crippen LogP contribution < -0.4 is 5.32 Å². The minimum Gasteiger partial charge on any atom is -0.389 e. The Morgan fingerprint density at radius 1 is 1.06 bits per heavy atom. The number of hydrogen-bond acceptors (Lipinski definition) is 6. The van der Waals surface area contributed by atoms with E-state index < -0.39 is 17.9 Å². The number of carbonyl (C=O) groups excluding carboxylic acids is 1. The number of nitrogens with one attached hydrogen (secondary N) is 1. The number of carbonyl (C=O) groups is 1. The fourth-order valence-corrected chi connectivity index (χ4v) is 4.10. The van der Waals surface area contributed by atoms with Gasteiger partial charge < -0.3 is 10.2 Å². The molecule has 35 heavy (non-hydrogen) atoms. The summed E-state index contributed by atoms with van der Waals surface area (Å²) in [6, 6.07) is 9.25. The van der Waals surface area contributed by atoms with Gasteiger partial charge in [-0.15, -0.1) is 0 Å². The van der Waals surface area contributed by atoms with E-state index in [2.05, 4.69) is 25.4 Å². The molecule has 10 heteroatoms. The second-order valence-corrected chi connectivity index (χ2v) is 8.96. The van der Waals surface area contributed by atoms with Gasteiger partial charge in [0.15, 0.2) is 0 Å². The van der Waals surface area contributed by atoms with Crippen LogP contribution in [0.5, 0.6) is 0 Å². The van der Waals surface area contributed by atoms with E-state index in [1.807, 2.05) is 25.1 Å². The highest BCUT2D eigenvalue weighted by atomic mass is 19.4. The summed E-state index contributed by atoms with van der Waals surface area (Å²) in [4.78, 5) is 29.9. The predicted molar refractivity (Wildman–Crippen MR) is 121 cm³/mol. The molecule has 3 heterocycles. The van der Waals surface area contributed by atoms with E-state index in [-0.39, 0.29) is 12.1 Å². The Morgan fingerprint density at radius 2 is 1.80 bits per heavy atom. The van der Waals surface area contributed by atoms with Gasteiger partial charge in [-0.2, -0.15) is 13.2 Å². The van der Waals surface area contributed by atoms with Crippen LogP contribution in [0.3, 0.4) is 0 Å². The normalized spacial score (nSPS) is 16.4. The number of halogens is 3. The number of aryl methyl sites for hydroxylation is 1. The minimum atomic E-state index is -4.62. The first-order valence-corrected chi connectivity index (χ1v) is 11.2. The maximum absolute atomic E-state index is 13.0. The third-order valence-corrected chi connectivity index (χ3v) is 6.25. The number of alkyl halides is 3. The highest BCUT2D eigenvalue weighted by Gasteiger charge is 2.45. The smallest absolute Gasteiger partial charge is 0.389 e. The Morgan fingerprint density at radius 3 is 2.40 bits per heavy atom. The summed E-state index contributed by atoms with van der Waals surface area (Å²) in [5, 5.41) is 7.03. The van der Waals surface area contributed by atoms with Gasteiger partial charge in [0.2, 0.25) is 5.82 Å². The Bertz CT molecular complexity index is 1280. The molecule has 0 unspecified atom stereocenters. The second kappa shape index (κ2) is 8.75. The zero-order chi connectivity index (χ0) is 24.6. The van der Waals surface area contributed by atoms with Crippen molar-refractivity contribution >= 4 is 11.6 Å². The fourth-order valence-electron chi connectivity index (χ4n) is 4.10. The van der Waals surface area contributed by atoms with E-state index in [9.17, 15) is 18.0 Å². The maximum Gasteiger partial charge on any atom is 0.451 e. The first-order chi connectivity index (χ1) is 16.7. The molecule has 0 bridgehead atoms. The van der Waals surface area contributed by atoms with Crippen LogP contribution >= 0.6 is 0 Å². The van der Waals surface area contributed by atoms with E-state index in [4.69, 9.17) is 4.84 Å². The van der Waals surface area contributed by atoms with Crippen molar-refractivity contribution in [1.29, 1.82) is 0 Å². The molecule has 5 rings (SSSR count). The average Bonchev–Trinajstić information content (AvgIpc) is 3.29. The average molecular weight is 481 g/mol. The SMILES string of the molecule is Cc1ccc(-c2cc(C(=O)NCc3cnc(C(F)(F)F)nc3)cc(C3=NOC4(CCC4)C3)c2)nc1. The molecule has 1 aliphatic carbocycles. The van der Waals surface area contributed by atoms with Crippen LogP contribution in [-0.2, 0) is 17.6 Å². The van der Waals surface area contributed by atoms with Gasteiger partial charge in [0.25, 0.3) is 5.91 Å². The highest BCUT2D eigenvalue weighted by Crippen LogP contribution is 2.43. The molecular formula is C25H22F3N5O2. The van der Waals surface area contributed by atoms with Gasteiger partial charge >= 0.3 is 6.18 Å². The third kappa shape index (κ3) is 4.87. The summed E-state index contributed by atoms with van der Waals surface area (Å²) in [6.07, 6.45) is 2.95. The van der Waals surface area contributed by atoms with Crippen LogP contribution in [0, 0.1) is 6.92 Å². The van der Waals surface area contributed by atoms with Gasteiger partial charge in [-0.1, -0.05) is 11.2 Å². The molecule has 1 N–H and O–H groups in total. The molecular weight excluding hydrogens is 459 g/mol. The first kappa shape index (κ1) is 22.9. The molecule has 7 nitrogen and oxygen atoms in total. The Kier molecular flexibility index (Phi) is 5.74. The lowest BCUT2D eigenvalue weighted by Gasteiger charge is -2.34. The van der Waals surface area contributed by atoms with Gasteiger partial charge in [0, 0.05) is 53.8 Å². The van der Waals surface area contributed by atoms with E-state index in [0.29, 0.717) is 23.2 Å².